The molecule has 0 saturated heterocycles. The van der Waals surface area contributed by atoms with Crippen LogP contribution in [0.4, 0.5) is 0 Å². The van der Waals surface area contributed by atoms with Gasteiger partial charge in [-0.05, 0) is 51.3 Å². The van der Waals surface area contributed by atoms with Gasteiger partial charge in [0.1, 0.15) is 5.76 Å². The molecule has 0 amide bonds. The van der Waals surface area contributed by atoms with Crippen molar-refractivity contribution in [2.24, 2.45) is 0 Å². The predicted molar refractivity (Wildman–Crippen MR) is 75.6 cm³/mol. The number of benzene rings is 1. The van der Waals surface area contributed by atoms with Crippen LogP contribution >= 0.6 is 0 Å². The Morgan fingerprint density at radius 2 is 2.06 bits per heavy atom. The van der Waals surface area contributed by atoms with Crippen molar-refractivity contribution in [3.05, 3.63) is 47.2 Å². The average Bonchev–Trinajstić information content (AvgIpc) is 2.43. The molecule has 18 heavy (non-hydrogen) atoms. The summed E-state index contributed by atoms with van der Waals surface area (Å²) in [6.07, 6.45) is 6.72. The third-order valence-corrected chi connectivity index (χ3v) is 3.50. The molecule has 0 aromatic heterocycles. The molecule has 1 heterocycles. The van der Waals surface area contributed by atoms with Crippen LogP contribution in [0.25, 0.3) is 0 Å². The lowest BCUT2D eigenvalue weighted by atomic mass is 10.0. The SMILES string of the molecule is CNC(CCc1ccc(C)cc1)C1=CCCCO1. The lowest BCUT2D eigenvalue weighted by molar-refractivity contribution is 0.167. The van der Waals surface area contributed by atoms with Crippen molar-refractivity contribution < 1.29 is 4.74 Å². The van der Waals surface area contributed by atoms with E-state index in [1.165, 1.54) is 11.1 Å². The molecule has 0 spiro atoms. The van der Waals surface area contributed by atoms with Crippen molar-refractivity contribution in [2.45, 2.75) is 38.6 Å². The fraction of sp³-hybridized carbons (Fsp3) is 0.500. The first kappa shape index (κ1) is 13.2. The highest BCUT2D eigenvalue weighted by Gasteiger charge is 2.15. The molecule has 0 saturated carbocycles. The maximum Gasteiger partial charge on any atom is 0.109 e. The van der Waals surface area contributed by atoms with Gasteiger partial charge in [-0.3, -0.25) is 0 Å². The van der Waals surface area contributed by atoms with E-state index < -0.39 is 0 Å². The van der Waals surface area contributed by atoms with E-state index in [1.54, 1.807) is 0 Å². The van der Waals surface area contributed by atoms with E-state index in [0.717, 1.165) is 38.0 Å². The number of rotatable bonds is 5. The molecule has 1 aromatic carbocycles. The fourth-order valence-electron chi connectivity index (χ4n) is 2.31. The van der Waals surface area contributed by atoms with E-state index in [9.17, 15) is 0 Å². The highest BCUT2D eigenvalue weighted by atomic mass is 16.5. The Bertz CT molecular complexity index is 394. The minimum Gasteiger partial charge on any atom is -0.497 e. The van der Waals surface area contributed by atoms with Crippen LogP contribution in [-0.4, -0.2) is 19.7 Å². The molecule has 2 nitrogen and oxygen atoms in total. The van der Waals surface area contributed by atoms with Gasteiger partial charge in [0.05, 0.1) is 12.6 Å². The Labute approximate surface area is 110 Å². The summed E-state index contributed by atoms with van der Waals surface area (Å²) >= 11 is 0. The van der Waals surface area contributed by atoms with Gasteiger partial charge in [0.15, 0.2) is 0 Å². The standard InChI is InChI=1S/C16H23NO/c1-13-6-8-14(9-7-13)10-11-15(17-2)16-5-3-4-12-18-16/h5-9,15,17H,3-4,10-12H2,1-2H3. The summed E-state index contributed by atoms with van der Waals surface area (Å²) in [5.41, 5.74) is 2.72. The van der Waals surface area contributed by atoms with Gasteiger partial charge in [-0.25, -0.2) is 0 Å². The molecule has 0 fully saturated rings. The largest absolute Gasteiger partial charge is 0.497 e. The Morgan fingerprint density at radius 1 is 1.28 bits per heavy atom. The maximum absolute atomic E-state index is 5.74. The summed E-state index contributed by atoms with van der Waals surface area (Å²) in [6, 6.07) is 9.16. The molecule has 1 unspecified atom stereocenters. The molecule has 1 aliphatic rings. The van der Waals surface area contributed by atoms with Gasteiger partial charge < -0.3 is 10.1 Å². The van der Waals surface area contributed by atoms with Gasteiger partial charge in [-0.15, -0.1) is 0 Å². The van der Waals surface area contributed by atoms with Gasteiger partial charge in [0.25, 0.3) is 0 Å². The molecule has 2 rings (SSSR count). The summed E-state index contributed by atoms with van der Waals surface area (Å²) in [4.78, 5) is 0. The smallest absolute Gasteiger partial charge is 0.109 e. The highest BCUT2D eigenvalue weighted by molar-refractivity contribution is 5.21. The van der Waals surface area contributed by atoms with Gasteiger partial charge >= 0.3 is 0 Å². The van der Waals surface area contributed by atoms with Crippen molar-refractivity contribution in [3.8, 4) is 0 Å². The van der Waals surface area contributed by atoms with E-state index in [2.05, 4.69) is 42.6 Å². The van der Waals surface area contributed by atoms with Crippen molar-refractivity contribution in [2.75, 3.05) is 13.7 Å². The first-order valence-electron chi connectivity index (χ1n) is 6.85. The third-order valence-electron chi connectivity index (χ3n) is 3.50. The summed E-state index contributed by atoms with van der Waals surface area (Å²) in [5, 5.41) is 3.36. The lowest BCUT2D eigenvalue weighted by Crippen LogP contribution is -2.30. The van der Waals surface area contributed by atoms with Gasteiger partial charge in [0.2, 0.25) is 0 Å². The van der Waals surface area contributed by atoms with Crippen LogP contribution in [0, 0.1) is 6.92 Å². The quantitative estimate of drug-likeness (QED) is 0.860. The molecule has 2 heteroatoms. The summed E-state index contributed by atoms with van der Waals surface area (Å²) in [5.74, 6) is 1.14. The number of hydrogen-bond acceptors (Lipinski definition) is 2. The number of ether oxygens (including phenoxy) is 1. The van der Waals surface area contributed by atoms with Crippen molar-refractivity contribution in [1.29, 1.82) is 0 Å². The minimum absolute atomic E-state index is 0.353. The zero-order valence-corrected chi connectivity index (χ0v) is 11.4. The first-order chi connectivity index (χ1) is 8.79. The minimum atomic E-state index is 0.353. The molecule has 1 N–H and O–H groups in total. The fourth-order valence-corrected chi connectivity index (χ4v) is 2.31. The molecular weight excluding hydrogens is 222 g/mol. The Morgan fingerprint density at radius 3 is 2.67 bits per heavy atom. The van der Waals surface area contributed by atoms with Crippen LogP contribution in [0.15, 0.2) is 36.1 Å². The van der Waals surface area contributed by atoms with E-state index in [4.69, 9.17) is 4.74 Å². The second kappa shape index (κ2) is 6.60. The zero-order chi connectivity index (χ0) is 12.8. The van der Waals surface area contributed by atoms with E-state index in [0.29, 0.717) is 6.04 Å². The van der Waals surface area contributed by atoms with Crippen molar-refractivity contribution in [3.63, 3.8) is 0 Å². The molecular formula is C16H23NO. The van der Waals surface area contributed by atoms with Crippen LogP contribution in [0.5, 0.6) is 0 Å². The van der Waals surface area contributed by atoms with Crippen LogP contribution < -0.4 is 5.32 Å². The van der Waals surface area contributed by atoms with E-state index >= 15 is 0 Å². The second-order valence-corrected chi connectivity index (χ2v) is 4.96. The Kier molecular flexibility index (Phi) is 4.82. The van der Waals surface area contributed by atoms with Crippen LogP contribution in [0.1, 0.15) is 30.4 Å². The van der Waals surface area contributed by atoms with Crippen LogP contribution in [0.3, 0.4) is 0 Å². The molecule has 0 aliphatic carbocycles. The molecule has 1 aliphatic heterocycles. The Balaban J connectivity index is 1.90. The molecule has 0 bridgehead atoms. The maximum atomic E-state index is 5.74. The zero-order valence-electron chi connectivity index (χ0n) is 11.4. The number of nitrogens with one attached hydrogen (secondary N) is 1. The lowest BCUT2D eigenvalue weighted by Gasteiger charge is -2.23. The van der Waals surface area contributed by atoms with E-state index in [1.807, 2.05) is 7.05 Å². The topological polar surface area (TPSA) is 21.3 Å². The van der Waals surface area contributed by atoms with Crippen LogP contribution in [-0.2, 0) is 11.2 Å². The summed E-state index contributed by atoms with van der Waals surface area (Å²) in [7, 11) is 2.01. The average molecular weight is 245 g/mol. The summed E-state index contributed by atoms with van der Waals surface area (Å²) in [6.45, 7) is 3.00. The third kappa shape index (κ3) is 3.61. The molecule has 1 atom stereocenters. The predicted octanol–water partition coefficient (Wildman–Crippen LogP) is 3.21. The van der Waals surface area contributed by atoms with Gasteiger partial charge in [-0.1, -0.05) is 29.8 Å². The Hall–Kier alpha value is -1.28. The van der Waals surface area contributed by atoms with Crippen molar-refractivity contribution >= 4 is 0 Å². The number of hydrogen-bond donors (Lipinski definition) is 1. The molecule has 1 aromatic rings. The normalized spacial score (nSPS) is 16.9. The second-order valence-electron chi connectivity index (χ2n) is 4.96. The molecule has 0 radical (unpaired) electrons. The molecule has 98 valence electrons. The first-order valence-corrected chi connectivity index (χ1v) is 6.85. The summed E-state index contributed by atoms with van der Waals surface area (Å²) < 4.78 is 5.74. The highest BCUT2D eigenvalue weighted by Crippen LogP contribution is 2.17. The van der Waals surface area contributed by atoms with Gasteiger partial charge in [-0.2, -0.15) is 0 Å². The number of aryl methyl sites for hydroxylation is 2. The van der Waals surface area contributed by atoms with Crippen molar-refractivity contribution in [1.82, 2.24) is 5.32 Å². The number of likely N-dealkylation sites (N-methyl/N-ethyl adjacent to an activating group) is 1. The van der Waals surface area contributed by atoms with Crippen LogP contribution in [0.2, 0.25) is 0 Å². The number of allylic oxidation sites excluding steroid dienone is 1. The monoisotopic (exact) mass is 245 g/mol. The van der Waals surface area contributed by atoms with Gasteiger partial charge in [0, 0.05) is 0 Å². The van der Waals surface area contributed by atoms with E-state index in [-0.39, 0.29) is 0 Å².